The maximum atomic E-state index is 13.0. The second kappa shape index (κ2) is 7.15. The van der Waals surface area contributed by atoms with E-state index in [0.29, 0.717) is 23.8 Å². The number of aromatic nitrogens is 4. The Balaban J connectivity index is 1.51. The molecule has 1 saturated heterocycles. The summed E-state index contributed by atoms with van der Waals surface area (Å²) in [7, 11) is -1.95. The molecule has 1 aliphatic rings. The SMILES string of the molecule is Cc1c(S(=O)(=O)N2CCO[C@H](c3nc(Cc4cccs4)no3)C2)cnn1C. The average Bonchev–Trinajstić information content (AvgIpc) is 3.39. The number of hydrogen-bond donors (Lipinski definition) is 0. The van der Waals surface area contributed by atoms with Crippen molar-refractivity contribution in [2.24, 2.45) is 7.05 Å². The Labute approximate surface area is 160 Å². The average molecular weight is 409 g/mol. The Morgan fingerprint density at radius 2 is 2.26 bits per heavy atom. The highest BCUT2D eigenvalue weighted by Gasteiger charge is 2.35. The fraction of sp³-hybridized carbons (Fsp3) is 0.438. The van der Waals surface area contributed by atoms with Crippen LogP contribution in [-0.4, -0.2) is 52.3 Å². The van der Waals surface area contributed by atoms with Crippen molar-refractivity contribution in [1.82, 2.24) is 24.2 Å². The molecule has 27 heavy (non-hydrogen) atoms. The smallest absolute Gasteiger partial charge is 0.257 e. The van der Waals surface area contributed by atoms with Gasteiger partial charge in [-0.1, -0.05) is 11.2 Å². The van der Waals surface area contributed by atoms with Gasteiger partial charge in [0.2, 0.25) is 10.0 Å². The van der Waals surface area contributed by atoms with Crippen LogP contribution in [0.5, 0.6) is 0 Å². The van der Waals surface area contributed by atoms with Crippen LogP contribution in [0.3, 0.4) is 0 Å². The number of hydrogen-bond acceptors (Lipinski definition) is 8. The van der Waals surface area contributed by atoms with Gasteiger partial charge in [0.15, 0.2) is 11.9 Å². The summed E-state index contributed by atoms with van der Waals surface area (Å²) in [6, 6.07) is 3.97. The van der Waals surface area contributed by atoms with Crippen LogP contribution in [0, 0.1) is 6.92 Å². The molecule has 144 valence electrons. The molecule has 0 aromatic carbocycles. The van der Waals surface area contributed by atoms with Crippen molar-refractivity contribution in [3.8, 4) is 0 Å². The second-order valence-electron chi connectivity index (χ2n) is 6.25. The van der Waals surface area contributed by atoms with Gasteiger partial charge >= 0.3 is 0 Å². The molecule has 4 rings (SSSR count). The topological polar surface area (TPSA) is 103 Å². The predicted octanol–water partition coefficient (Wildman–Crippen LogP) is 1.53. The number of morpholine rings is 1. The first-order chi connectivity index (χ1) is 12.9. The summed E-state index contributed by atoms with van der Waals surface area (Å²) in [5, 5.41) is 10.0. The third kappa shape index (κ3) is 3.55. The molecule has 0 aliphatic carbocycles. The van der Waals surface area contributed by atoms with Gasteiger partial charge in [-0.3, -0.25) is 4.68 Å². The molecular weight excluding hydrogens is 390 g/mol. The summed E-state index contributed by atoms with van der Waals surface area (Å²) in [5.74, 6) is 0.850. The highest BCUT2D eigenvalue weighted by Crippen LogP contribution is 2.27. The monoisotopic (exact) mass is 409 g/mol. The van der Waals surface area contributed by atoms with Crippen LogP contribution in [0.25, 0.3) is 0 Å². The van der Waals surface area contributed by atoms with E-state index >= 15 is 0 Å². The normalized spacial score (nSPS) is 18.8. The van der Waals surface area contributed by atoms with Crippen molar-refractivity contribution in [3.63, 3.8) is 0 Å². The summed E-state index contributed by atoms with van der Waals surface area (Å²) in [6.45, 7) is 2.37. The first-order valence-electron chi connectivity index (χ1n) is 8.40. The van der Waals surface area contributed by atoms with Crippen LogP contribution in [0.2, 0.25) is 0 Å². The van der Waals surface area contributed by atoms with Gasteiger partial charge in [-0.2, -0.15) is 14.4 Å². The number of thiophene rings is 1. The zero-order chi connectivity index (χ0) is 19.0. The van der Waals surface area contributed by atoms with Crippen LogP contribution in [-0.2, 0) is 28.2 Å². The fourth-order valence-electron chi connectivity index (χ4n) is 2.90. The predicted molar refractivity (Wildman–Crippen MR) is 96.8 cm³/mol. The van der Waals surface area contributed by atoms with Gasteiger partial charge in [0.05, 0.1) is 18.5 Å². The van der Waals surface area contributed by atoms with E-state index in [2.05, 4.69) is 15.2 Å². The van der Waals surface area contributed by atoms with E-state index in [4.69, 9.17) is 9.26 Å². The van der Waals surface area contributed by atoms with E-state index < -0.39 is 16.1 Å². The molecule has 1 aliphatic heterocycles. The molecule has 0 bridgehead atoms. The van der Waals surface area contributed by atoms with Crippen molar-refractivity contribution in [2.75, 3.05) is 19.7 Å². The standard InChI is InChI=1S/C16H19N5O4S2/c1-11-14(9-17-20(11)2)27(22,23)21-5-6-24-13(10-21)16-18-15(19-25-16)8-12-4-3-7-26-12/h3-4,7,9,13H,5-6,8,10H2,1-2H3/t13-/m0/s1. The van der Waals surface area contributed by atoms with Gasteiger partial charge in [0, 0.05) is 31.4 Å². The molecule has 1 atom stereocenters. The summed E-state index contributed by atoms with van der Waals surface area (Å²) < 4.78 is 39.9. The van der Waals surface area contributed by atoms with Crippen molar-refractivity contribution in [1.29, 1.82) is 0 Å². The third-order valence-corrected chi connectivity index (χ3v) is 7.35. The maximum Gasteiger partial charge on any atom is 0.257 e. The van der Waals surface area contributed by atoms with Gasteiger partial charge in [-0.25, -0.2) is 8.42 Å². The third-order valence-electron chi connectivity index (χ3n) is 4.51. The minimum atomic E-state index is -3.67. The largest absolute Gasteiger partial charge is 0.366 e. The van der Waals surface area contributed by atoms with Crippen LogP contribution < -0.4 is 0 Å². The molecule has 0 N–H and O–H groups in total. The first-order valence-corrected chi connectivity index (χ1v) is 10.7. The Kier molecular flexibility index (Phi) is 4.84. The molecule has 1 fully saturated rings. The summed E-state index contributed by atoms with van der Waals surface area (Å²) in [4.78, 5) is 5.72. The minimum absolute atomic E-state index is 0.122. The lowest BCUT2D eigenvalue weighted by Gasteiger charge is -2.30. The zero-order valence-electron chi connectivity index (χ0n) is 14.9. The Bertz CT molecular complexity index is 1030. The number of nitrogens with zero attached hydrogens (tertiary/aromatic N) is 5. The Hall–Kier alpha value is -2.08. The van der Waals surface area contributed by atoms with E-state index in [1.165, 1.54) is 10.5 Å². The summed E-state index contributed by atoms with van der Waals surface area (Å²) in [5.41, 5.74) is 0.592. The van der Waals surface area contributed by atoms with E-state index in [1.807, 2.05) is 17.5 Å². The van der Waals surface area contributed by atoms with Crippen LogP contribution in [0.15, 0.2) is 33.1 Å². The molecule has 4 heterocycles. The number of aryl methyl sites for hydroxylation is 1. The number of rotatable bonds is 5. The van der Waals surface area contributed by atoms with E-state index in [-0.39, 0.29) is 24.6 Å². The van der Waals surface area contributed by atoms with E-state index in [1.54, 1.807) is 30.0 Å². The Morgan fingerprint density at radius 3 is 2.96 bits per heavy atom. The van der Waals surface area contributed by atoms with Crippen LogP contribution in [0.4, 0.5) is 0 Å². The molecule has 0 unspecified atom stereocenters. The lowest BCUT2D eigenvalue weighted by molar-refractivity contribution is -0.0199. The zero-order valence-corrected chi connectivity index (χ0v) is 16.5. The quantitative estimate of drug-likeness (QED) is 0.629. The molecule has 11 heteroatoms. The van der Waals surface area contributed by atoms with Gasteiger partial charge in [-0.15, -0.1) is 11.3 Å². The van der Waals surface area contributed by atoms with E-state index in [9.17, 15) is 8.42 Å². The maximum absolute atomic E-state index is 13.0. The lowest BCUT2D eigenvalue weighted by atomic mass is 10.3. The first kappa shape index (κ1) is 18.3. The molecule has 0 amide bonds. The van der Waals surface area contributed by atoms with Gasteiger partial charge in [0.1, 0.15) is 4.90 Å². The van der Waals surface area contributed by atoms with Crippen molar-refractivity contribution < 1.29 is 17.7 Å². The van der Waals surface area contributed by atoms with Gasteiger partial charge in [-0.05, 0) is 18.4 Å². The number of ether oxygens (including phenoxy) is 1. The van der Waals surface area contributed by atoms with Gasteiger partial charge < -0.3 is 9.26 Å². The summed E-state index contributed by atoms with van der Waals surface area (Å²) in [6.07, 6.45) is 1.36. The molecule has 3 aromatic heterocycles. The highest BCUT2D eigenvalue weighted by molar-refractivity contribution is 7.89. The molecule has 3 aromatic rings. The van der Waals surface area contributed by atoms with Crippen LogP contribution in [0.1, 0.15) is 28.4 Å². The van der Waals surface area contributed by atoms with Crippen molar-refractivity contribution in [3.05, 3.63) is 46.0 Å². The molecule has 0 spiro atoms. The fourth-order valence-corrected chi connectivity index (χ4v) is 5.22. The van der Waals surface area contributed by atoms with Crippen LogP contribution >= 0.6 is 11.3 Å². The van der Waals surface area contributed by atoms with E-state index in [0.717, 1.165) is 4.88 Å². The Morgan fingerprint density at radius 1 is 1.41 bits per heavy atom. The lowest BCUT2D eigenvalue weighted by Crippen LogP contribution is -2.42. The number of sulfonamides is 1. The minimum Gasteiger partial charge on any atom is -0.366 e. The molecule has 0 saturated carbocycles. The second-order valence-corrected chi connectivity index (χ2v) is 9.18. The molecule has 0 radical (unpaired) electrons. The highest BCUT2D eigenvalue weighted by atomic mass is 32.2. The van der Waals surface area contributed by atoms with Crippen molar-refractivity contribution >= 4 is 21.4 Å². The summed E-state index contributed by atoms with van der Waals surface area (Å²) >= 11 is 1.62. The molecule has 9 nitrogen and oxygen atoms in total. The van der Waals surface area contributed by atoms with Crippen molar-refractivity contribution in [2.45, 2.75) is 24.3 Å². The van der Waals surface area contributed by atoms with Gasteiger partial charge in [0.25, 0.3) is 5.89 Å². The molecular formula is C16H19N5O4S2.